The minimum absolute atomic E-state index is 0.0152. The van der Waals surface area contributed by atoms with Crippen molar-refractivity contribution in [1.29, 1.82) is 0 Å². The van der Waals surface area contributed by atoms with Gasteiger partial charge in [0.15, 0.2) is 5.69 Å². The van der Waals surface area contributed by atoms with E-state index in [0.29, 0.717) is 17.4 Å². The average molecular weight is 603 g/mol. The van der Waals surface area contributed by atoms with Crippen molar-refractivity contribution >= 4 is 39.3 Å². The Balaban J connectivity index is 1.64. The molecule has 2 aromatic carbocycles. The van der Waals surface area contributed by atoms with Gasteiger partial charge in [-0.1, -0.05) is 23.7 Å². The maximum Gasteiger partial charge on any atom is 0.417 e. The van der Waals surface area contributed by atoms with Crippen LogP contribution in [-0.2, 0) is 22.7 Å². The zero-order valence-electron chi connectivity index (χ0n) is 20.6. The molecule has 1 aromatic heterocycles. The summed E-state index contributed by atoms with van der Waals surface area (Å²) in [5, 5.41) is 13.1. The van der Waals surface area contributed by atoms with Crippen LogP contribution in [0, 0.1) is 0 Å². The Morgan fingerprint density at radius 3 is 2.40 bits per heavy atom. The van der Waals surface area contributed by atoms with Crippen molar-refractivity contribution in [2.24, 2.45) is 0 Å². The van der Waals surface area contributed by atoms with Crippen molar-refractivity contribution in [3.63, 3.8) is 0 Å². The summed E-state index contributed by atoms with van der Waals surface area (Å²) in [5.41, 5.74) is -1.12. The Morgan fingerprint density at radius 2 is 1.77 bits per heavy atom. The zero-order valence-corrected chi connectivity index (χ0v) is 22.2. The molecule has 40 heavy (non-hydrogen) atoms. The van der Waals surface area contributed by atoms with Crippen LogP contribution in [0.3, 0.4) is 0 Å². The van der Waals surface area contributed by atoms with E-state index in [1.165, 1.54) is 18.3 Å². The van der Waals surface area contributed by atoms with Gasteiger partial charge in [-0.05, 0) is 29.8 Å². The van der Waals surface area contributed by atoms with Crippen LogP contribution in [-0.4, -0.2) is 49.9 Å². The number of anilines is 1. The third kappa shape index (κ3) is 9.29. The number of hydrogen-bond acceptors (Lipinski definition) is 7. The number of pyridine rings is 1. The molecule has 0 saturated heterocycles. The molecule has 2 amide bonds. The van der Waals surface area contributed by atoms with Crippen molar-refractivity contribution in [2.75, 3.05) is 24.7 Å². The number of rotatable bonds is 11. The molecule has 0 aliphatic carbocycles. The first-order valence-electron chi connectivity index (χ1n) is 11.2. The number of carbonyl (C=O) groups excluding carboxylic acids is 1. The van der Waals surface area contributed by atoms with Gasteiger partial charge in [0, 0.05) is 31.4 Å². The van der Waals surface area contributed by atoms with Crippen LogP contribution in [0.2, 0.25) is 5.02 Å². The minimum Gasteiger partial charge on any atom is -0.490 e. The molecule has 0 aliphatic heterocycles. The molecule has 1 heterocycles. The third-order valence-electron chi connectivity index (χ3n) is 4.91. The van der Waals surface area contributed by atoms with E-state index in [1.54, 1.807) is 24.3 Å². The lowest BCUT2D eigenvalue weighted by Gasteiger charge is -2.17. The average Bonchev–Trinajstić information content (AvgIpc) is 2.86. The molecular weight excluding hydrogens is 581 g/mol. The molecule has 0 unspecified atom stereocenters. The Kier molecular flexibility index (Phi) is 9.78. The zero-order chi connectivity index (χ0) is 29.5. The highest BCUT2D eigenvalue weighted by molar-refractivity contribution is 7.88. The number of hydrogen-bond donors (Lipinski definition) is 4. The van der Waals surface area contributed by atoms with Gasteiger partial charge in [-0.25, -0.2) is 27.7 Å². The van der Waals surface area contributed by atoms with Crippen LogP contribution in [0.5, 0.6) is 17.2 Å². The number of urea groups is 1. The number of alkyl halides is 3. The van der Waals surface area contributed by atoms with Crippen LogP contribution < -0.4 is 24.8 Å². The molecule has 3 rings (SSSR count). The fourth-order valence-electron chi connectivity index (χ4n) is 3.13. The summed E-state index contributed by atoms with van der Waals surface area (Å²) in [5.74, 6) is -0.777. The van der Waals surface area contributed by atoms with Crippen LogP contribution in [0.25, 0.3) is 0 Å². The highest BCUT2D eigenvalue weighted by Gasteiger charge is 2.34. The number of sulfonamides is 1. The number of halogens is 4. The van der Waals surface area contributed by atoms with Crippen LogP contribution in [0.4, 0.5) is 23.7 Å². The normalized spacial score (nSPS) is 11.5. The Hall–Kier alpha value is -4.08. The summed E-state index contributed by atoms with van der Waals surface area (Å²) < 4.78 is 75.6. The van der Waals surface area contributed by atoms with Crippen molar-refractivity contribution < 1.29 is 45.8 Å². The van der Waals surface area contributed by atoms with E-state index in [9.17, 15) is 31.2 Å². The second-order valence-corrected chi connectivity index (χ2v) is 10.3. The first-order valence-corrected chi connectivity index (χ1v) is 13.5. The summed E-state index contributed by atoms with van der Waals surface area (Å²) in [6.45, 7) is -0.444. The molecule has 0 aliphatic rings. The third-order valence-corrected chi connectivity index (χ3v) is 5.95. The molecule has 16 heteroatoms. The molecule has 0 atom stereocenters. The predicted molar refractivity (Wildman–Crippen MR) is 138 cm³/mol. The monoisotopic (exact) mass is 602 g/mol. The van der Waals surface area contributed by atoms with Crippen LogP contribution >= 0.6 is 11.6 Å². The van der Waals surface area contributed by atoms with E-state index in [4.69, 9.17) is 26.2 Å². The van der Waals surface area contributed by atoms with Crippen LogP contribution in [0.15, 0.2) is 54.7 Å². The lowest BCUT2D eigenvalue weighted by Crippen LogP contribution is -2.29. The maximum atomic E-state index is 13.4. The van der Waals surface area contributed by atoms with Gasteiger partial charge in [0.25, 0.3) is 0 Å². The first kappa shape index (κ1) is 30.5. The molecule has 214 valence electrons. The molecule has 0 fully saturated rings. The van der Waals surface area contributed by atoms with E-state index < -0.39 is 38.8 Å². The molecule has 0 bridgehead atoms. The summed E-state index contributed by atoms with van der Waals surface area (Å²) in [4.78, 5) is 27.2. The number of carboxylic acids is 1. The number of amides is 2. The van der Waals surface area contributed by atoms with Crippen LogP contribution in [0.1, 0.15) is 21.6 Å². The summed E-state index contributed by atoms with van der Waals surface area (Å²) in [6.07, 6.45) is -2.59. The maximum absolute atomic E-state index is 13.4. The fourth-order valence-corrected chi connectivity index (χ4v) is 3.84. The molecule has 0 spiro atoms. The Bertz CT molecular complexity index is 1490. The number of aromatic nitrogens is 1. The molecule has 4 N–H and O–H groups in total. The SMILES string of the molecule is CS(=O)(=O)NCCOc1cc(Cl)c(C(F)(F)F)cc1NC(=O)NCc1ccc(Oc2ccnc(C(=O)O)c2)cc1. The minimum atomic E-state index is -4.81. The van der Waals surface area contributed by atoms with Gasteiger partial charge in [-0.3, -0.25) is 0 Å². The smallest absolute Gasteiger partial charge is 0.417 e. The second kappa shape index (κ2) is 12.8. The van der Waals surface area contributed by atoms with Gasteiger partial charge in [-0.2, -0.15) is 13.2 Å². The molecule has 0 saturated carbocycles. The van der Waals surface area contributed by atoms with Gasteiger partial charge in [0.2, 0.25) is 10.0 Å². The summed E-state index contributed by atoms with van der Waals surface area (Å²) >= 11 is 5.76. The number of aromatic carboxylic acids is 1. The Labute approximate surface area is 231 Å². The number of carboxylic acid groups (broad SMARTS) is 1. The largest absolute Gasteiger partial charge is 0.490 e. The van der Waals surface area contributed by atoms with Crippen molar-refractivity contribution in [3.05, 3.63) is 76.6 Å². The predicted octanol–water partition coefficient (Wildman–Crippen LogP) is 4.49. The summed E-state index contributed by atoms with van der Waals surface area (Å²) in [7, 11) is -3.52. The number of ether oxygens (including phenoxy) is 2. The van der Waals surface area contributed by atoms with Crippen molar-refractivity contribution in [2.45, 2.75) is 12.7 Å². The van der Waals surface area contributed by atoms with E-state index in [0.717, 1.165) is 12.3 Å². The van der Waals surface area contributed by atoms with Crippen molar-refractivity contribution in [3.8, 4) is 17.2 Å². The lowest BCUT2D eigenvalue weighted by molar-refractivity contribution is -0.137. The van der Waals surface area contributed by atoms with E-state index >= 15 is 0 Å². The fraction of sp³-hybridized carbons (Fsp3) is 0.208. The molecule has 0 radical (unpaired) electrons. The standard InChI is InChI=1S/C24H22ClF3N4O7S/c1-40(36,37)31-8-9-38-21-12-18(25)17(24(26,27)28)11-19(21)32-23(35)30-13-14-2-4-15(5-3-14)39-16-6-7-29-20(10-16)22(33)34/h2-7,10-12,31H,8-9,13H2,1H3,(H,33,34)(H2,30,32,35). The van der Waals surface area contributed by atoms with Gasteiger partial charge < -0.3 is 25.2 Å². The second-order valence-electron chi connectivity index (χ2n) is 8.08. The molecule has 11 nitrogen and oxygen atoms in total. The van der Waals surface area contributed by atoms with Gasteiger partial charge >= 0.3 is 18.2 Å². The number of nitrogens with zero attached hydrogens (tertiary/aromatic N) is 1. The number of carbonyl (C=O) groups is 2. The topological polar surface area (TPSA) is 156 Å². The van der Waals surface area contributed by atoms with E-state index in [-0.39, 0.29) is 42.6 Å². The number of benzene rings is 2. The summed E-state index contributed by atoms with van der Waals surface area (Å²) in [6, 6.07) is 9.74. The quantitative estimate of drug-likeness (QED) is 0.234. The van der Waals surface area contributed by atoms with E-state index in [1.807, 2.05) is 0 Å². The first-order chi connectivity index (χ1) is 18.7. The van der Waals surface area contributed by atoms with E-state index in [2.05, 4.69) is 20.3 Å². The Morgan fingerprint density at radius 1 is 1.07 bits per heavy atom. The van der Waals surface area contributed by atoms with Gasteiger partial charge in [-0.15, -0.1) is 0 Å². The lowest BCUT2D eigenvalue weighted by atomic mass is 10.1. The highest BCUT2D eigenvalue weighted by Crippen LogP contribution is 2.40. The molecule has 3 aromatic rings. The highest BCUT2D eigenvalue weighted by atomic mass is 35.5. The number of nitrogens with one attached hydrogen (secondary N) is 3. The van der Waals surface area contributed by atoms with Gasteiger partial charge in [0.05, 0.1) is 22.5 Å². The molecular formula is C24H22ClF3N4O7S. The van der Waals surface area contributed by atoms with Gasteiger partial charge in [0.1, 0.15) is 23.9 Å². The van der Waals surface area contributed by atoms with Crippen molar-refractivity contribution in [1.82, 2.24) is 15.0 Å².